The Kier molecular flexibility index (Phi) is 6.28. The van der Waals surface area contributed by atoms with Crippen LogP contribution in [0.3, 0.4) is 0 Å². The number of hydrogen-bond donors (Lipinski definition) is 2. The predicted molar refractivity (Wildman–Crippen MR) is 83.5 cm³/mol. The third-order valence-electron chi connectivity index (χ3n) is 4.98. The minimum absolute atomic E-state index is 0.228. The van der Waals surface area contributed by atoms with Crippen molar-refractivity contribution in [3.8, 4) is 0 Å². The molecule has 0 spiro atoms. The summed E-state index contributed by atoms with van der Waals surface area (Å²) in [5.74, 6) is 1.07. The second-order valence-corrected chi connectivity index (χ2v) is 6.38. The van der Waals surface area contributed by atoms with Crippen LogP contribution in [0.25, 0.3) is 0 Å². The molecular weight excluding hydrogens is 282 g/mol. The Bertz CT molecular complexity index is 421. The number of aliphatic carboxylic acids is 1. The van der Waals surface area contributed by atoms with Crippen LogP contribution in [0.1, 0.15) is 51.9 Å². The van der Waals surface area contributed by atoms with Gasteiger partial charge in [-0.2, -0.15) is 0 Å². The van der Waals surface area contributed by atoms with Crippen molar-refractivity contribution in [2.45, 2.75) is 57.9 Å². The van der Waals surface area contributed by atoms with Crippen molar-refractivity contribution < 1.29 is 19.4 Å². The van der Waals surface area contributed by atoms with Gasteiger partial charge < -0.3 is 15.2 Å². The average molecular weight is 309 g/mol. The lowest BCUT2D eigenvalue weighted by Gasteiger charge is -2.30. The number of fused-ring (bicyclic) bond motifs is 2. The fraction of sp³-hybridized carbons (Fsp3) is 0.765. The number of carboxylic acids is 1. The quantitative estimate of drug-likeness (QED) is 0.532. The lowest BCUT2D eigenvalue weighted by atomic mass is 9.82. The third-order valence-corrected chi connectivity index (χ3v) is 4.98. The van der Waals surface area contributed by atoms with Crippen LogP contribution in [0.5, 0.6) is 0 Å². The number of allylic oxidation sites excluding steroid dienone is 2. The lowest BCUT2D eigenvalue weighted by Crippen LogP contribution is -2.44. The molecule has 5 nitrogen and oxygen atoms in total. The zero-order valence-electron chi connectivity index (χ0n) is 13.3. The summed E-state index contributed by atoms with van der Waals surface area (Å²) in [6.07, 6.45) is 10.3. The van der Waals surface area contributed by atoms with E-state index in [1.807, 2.05) is 6.92 Å². The summed E-state index contributed by atoms with van der Waals surface area (Å²) < 4.78 is 5.02. The molecule has 2 saturated carbocycles. The summed E-state index contributed by atoms with van der Waals surface area (Å²) in [7, 11) is 0. The monoisotopic (exact) mass is 309 g/mol. The highest BCUT2D eigenvalue weighted by Gasteiger charge is 2.47. The Morgan fingerprint density at radius 2 is 2.05 bits per heavy atom. The van der Waals surface area contributed by atoms with Crippen LogP contribution in [-0.4, -0.2) is 29.8 Å². The molecule has 0 aromatic rings. The minimum atomic E-state index is -0.736. The first kappa shape index (κ1) is 16.8. The largest absolute Gasteiger partial charge is 0.481 e. The van der Waals surface area contributed by atoms with Gasteiger partial charge in [-0.15, -0.1) is 0 Å². The van der Waals surface area contributed by atoms with Gasteiger partial charge in [0, 0.05) is 12.5 Å². The Balaban J connectivity index is 1.78. The Hall–Kier alpha value is -1.52. The van der Waals surface area contributed by atoms with Crippen LogP contribution in [0, 0.1) is 17.8 Å². The Morgan fingerprint density at radius 3 is 2.77 bits per heavy atom. The molecule has 5 heteroatoms. The van der Waals surface area contributed by atoms with Crippen molar-refractivity contribution in [2.75, 3.05) is 6.61 Å². The van der Waals surface area contributed by atoms with Crippen molar-refractivity contribution in [1.82, 2.24) is 5.32 Å². The second kappa shape index (κ2) is 8.20. The summed E-state index contributed by atoms with van der Waals surface area (Å²) >= 11 is 0. The van der Waals surface area contributed by atoms with Gasteiger partial charge in [-0.25, -0.2) is 4.79 Å². The molecule has 0 aromatic carbocycles. The summed E-state index contributed by atoms with van der Waals surface area (Å²) in [4.78, 5) is 22.1. The van der Waals surface area contributed by atoms with Gasteiger partial charge in [0.2, 0.25) is 0 Å². The summed E-state index contributed by atoms with van der Waals surface area (Å²) in [5.41, 5.74) is 0. The highest BCUT2D eigenvalue weighted by atomic mass is 16.5. The third kappa shape index (κ3) is 4.49. The molecule has 0 aromatic heterocycles. The summed E-state index contributed by atoms with van der Waals surface area (Å²) in [6.45, 7) is 2.22. The number of nitrogens with one attached hydrogen (secondary N) is 1. The Morgan fingerprint density at radius 1 is 1.27 bits per heavy atom. The Labute approximate surface area is 132 Å². The zero-order valence-corrected chi connectivity index (χ0v) is 13.3. The van der Waals surface area contributed by atoms with Gasteiger partial charge in [0.1, 0.15) is 0 Å². The molecule has 0 heterocycles. The summed E-state index contributed by atoms with van der Waals surface area (Å²) in [5, 5.41) is 11.7. The second-order valence-electron chi connectivity index (χ2n) is 6.38. The first-order valence-corrected chi connectivity index (χ1v) is 8.42. The van der Waals surface area contributed by atoms with Crippen LogP contribution in [0.4, 0.5) is 4.79 Å². The predicted octanol–water partition coefficient (Wildman–Crippen LogP) is 3.35. The van der Waals surface area contributed by atoms with Gasteiger partial charge in [0.15, 0.2) is 0 Å². The van der Waals surface area contributed by atoms with Gasteiger partial charge in [-0.05, 0) is 63.2 Å². The molecule has 22 heavy (non-hydrogen) atoms. The van der Waals surface area contributed by atoms with Crippen LogP contribution in [-0.2, 0) is 9.53 Å². The molecule has 2 aliphatic carbocycles. The van der Waals surface area contributed by atoms with E-state index in [4.69, 9.17) is 9.84 Å². The number of carbonyl (C=O) groups is 2. The van der Waals surface area contributed by atoms with Gasteiger partial charge in [-0.1, -0.05) is 12.2 Å². The molecule has 124 valence electrons. The van der Waals surface area contributed by atoms with Gasteiger partial charge in [-0.3, -0.25) is 4.79 Å². The molecule has 2 rings (SSSR count). The van der Waals surface area contributed by atoms with Crippen LogP contribution in [0.15, 0.2) is 12.2 Å². The van der Waals surface area contributed by atoms with E-state index < -0.39 is 5.97 Å². The smallest absolute Gasteiger partial charge is 0.407 e. The van der Waals surface area contributed by atoms with Crippen LogP contribution < -0.4 is 5.32 Å². The van der Waals surface area contributed by atoms with Crippen molar-refractivity contribution in [3.05, 3.63) is 12.2 Å². The van der Waals surface area contributed by atoms with Crippen LogP contribution in [0.2, 0.25) is 0 Å². The van der Waals surface area contributed by atoms with Gasteiger partial charge in [0.05, 0.1) is 6.61 Å². The maximum absolute atomic E-state index is 11.7. The number of carbonyl (C=O) groups excluding carboxylic acids is 1. The minimum Gasteiger partial charge on any atom is -0.481 e. The van der Waals surface area contributed by atoms with E-state index in [2.05, 4.69) is 17.5 Å². The van der Waals surface area contributed by atoms with E-state index in [0.29, 0.717) is 30.8 Å². The van der Waals surface area contributed by atoms with E-state index in [0.717, 1.165) is 12.8 Å². The molecule has 2 N–H and O–H groups in total. The normalized spacial score (nSPS) is 29.9. The molecule has 0 saturated heterocycles. The lowest BCUT2D eigenvalue weighted by molar-refractivity contribution is -0.137. The topological polar surface area (TPSA) is 75.6 Å². The first-order chi connectivity index (χ1) is 10.6. The van der Waals surface area contributed by atoms with Gasteiger partial charge >= 0.3 is 12.1 Å². The van der Waals surface area contributed by atoms with Crippen molar-refractivity contribution in [2.24, 2.45) is 17.8 Å². The zero-order chi connectivity index (χ0) is 15.9. The number of alkyl carbamates (subject to hydrolysis) is 1. The number of carboxylic acid groups (broad SMARTS) is 1. The SMILES string of the molecule is CCOC(=O)N[C@H]1[C@@H]2CC[C@@H](C2)[C@@H]1C/C=C\CCCC(=O)O. The number of ether oxygens (including phenoxy) is 1. The molecule has 0 aliphatic heterocycles. The van der Waals surface area contributed by atoms with Crippen molar-refractivity contribution in [1.29, 1.82) is 0 Å². The standard InChI is InChI=1S/C17H27NO4/c1-2-22-17(21)18-16-13-10-9-12(11-13)14(16)7-5-3-4-6-8-15(19)20/h3,5,12-14,16H,2,4,6-11H2,1H3,(H,18,21)(H,19,20)/b5-3-/t12-,13+,14-,16-/m0/s1. The molecule has 0 radical (unpaired) electrons. The van der Waals surface area contributed by atoms with E-state index in [9.17, 15) is 9.59 Å². The van der Waals surface area contributed by atoms with E-state index >= 15 is 0 Å². The molecule has 2 fully saturated rings. The maximum atomic E-state index is 11.7. The fourth-order valence-corrected chi connectivity index (χ4v) is 4.03. The molecular formula is C17H27NO4. The molecule has 4 atom stereocenters. The van der Waals surface area contributed by atoms with E-state index in [-0.39, 0.29) is 18.6 Å². The molecule has 2 bridgehead atoms. The fourth-order valence-electron chi connectivity index (χ4n) is 4.03. The highest BCUT2D eigenvalue weighted by molar-refractivity contribution is 5.67. The number of hydrogen-bond acceptors (Lipinski definition) is 3. The maximum Gasteiger partial charge on any atom is 0.407 e. The van der Waals surface area contributed by atoms with E-state index in [1.54, 1.807) is 0 Å². The average Bonchev–Trinajstić information content (AvgIpc) is 3.05. The van der Waals surface area contributed by atoms with Crippen LogP contribution >= 0.6 is 0 Å². The molecule has 1 amide bonds. The number of unbranched alkanes of at least 4 members (excludes halogenated alkanes) is 1. The first-order valence-electron chi connectivity index (χ1n) is 8.42. The molecule has 2 aliphatic rings. The van der Waals surface area contributed by atoms with Crippen molar-refractivity contribution in [3.63, 3.8) is 0 Å². The number of rotatable bonds is 8. The molecule has 0 unspecified atom stereocenters. The summed E-state index contributed by atoms with van der Waals surface area (Å²) in [6, 6.07) is 0.237. The van der Waals surface area contributed by atoms with Crippen molar-refractivity contribution >= 4 is 12.1 Å². The highest BCUT2D eigenvalue weighted by Crippen LogP contribution is 2.49. The number of amides is 1. The van der Waals surface area contributed by atoms with E-state index in [1.165, 1.54) is 19.3 Å². The van der Waals surface area contributed by atoms with Gasteiger partial charge in [0.25, 0.3) is 0 Å².